The fourth-order valence-electron chi connectivity index (χ4n) is 2.72. The molecule has 19 heavy (non-hydrogen) atoms. The van der Waals surface area contributed by atoms with E-state index in [4.69, 9.17) is 9.78 Å². The van der Waals surface area contributed by atoms with Gasteiger partial charge >= 0.3 is 0 Å². The van der Waals surface area contributed by atoms with E-state index in [2.05, 4.69) is 38.1 Å². The average Bonchev–Trinajstić information content (AvgIpc) is 2.97. The predicted octanol–water partition coefficient (Wildman–Crippen LogP) is 4.91. The fraction of sp³-hybridized carbons (Fsp3) is 0.647. The van der Waals surface area contributed by atoms with Crippen molar-refractivity contribution < 1.29 is 9.78 Å². The van der Waals surface area contributed by atoms with Crippen LogP contribution in [0, 0.1) is 11.8 Å². The Morgan fingerprint density at radius 3 is 2.47 bits per heavy atom. The first-order valence-corrected chi connectivity index (χ1v) is 7.64. The first-order chi connectivity index (χ1) is 9.31. The summed E-state index contributed by atoms with van der Waals surface area (Å²) < 4.78 is 0. The van der Waals surface area contributed by atoms with Crippen LogP contribution < -0.4 is 0 Å². The molecule has 1 aliphatic rings. The number of hydrogen-bond donors (Lipinski definition) is 0. The van der Waals surface area contributed by atoms with Gasteiger partial charge in [0, 0.05) is 0 Å². The third kappa shape index (κ3) is 4.32. The first-order valence-electron chi connectivity index (χ1n) is 7.64. The molecule has 2 nitrogen and oxygen atoms in total. The Kier molecular flexibility index (Phi) is 5.87. The lowest BCUT2D eigenvalue weighted by atomic mass is 9.95. The van der Waals surface area contributed by atoms with Crippen LogP contribution in [0.5, 0.6) is 0 Å². The van der Waals surface area contributed by atoms with Crippen LogP contribution in [0.25, 0.3) is 0 Å². The zero-order chi connectivity index (χ0) is 13.5. The Morgan fingerprint density at radius 2 is 1.84 bits per heavy atom. The van der Waals surface area contributed by atoms with Crippen molar-refractivity contribution in [2.75, 3.05) is 6.61 Å². The molecule has 1 aliphatic carbocycles. The maximum absolute atomic E-state index is 5.74. The molecule has 0 amide bonds. The zero-order valence-corrected chi connectivity index (χ0v) is 12.2. The highest BCUT2D eigenvalue weighted by Gasteiger charge is 2.21. The highest BCUT2D eigenvalue weighted by molar-refractivity contribution is 5.17. The largest absolute Gasteiger partial charge is 0.236 e. The molecule has 0 saturated heterocycles. The Hall–Kier alpha value is -0.860. The second-order valence-corrected chi connectivity index (χ2v) is 5.75. The highest BCUT2D eigenvalue weighted by atomic mass is 17.2. The lowest BCUT2D eigenvalue weighted by Crippen LogP contribution is -2.16. The lowest BCUT2D eigenvalue weighted by molar-refractivity contribution is -0.341. The Labute approximate surface area is 117 Å². The molecule has 1 saturated carbocycles. The molecule has 2 atom stereocenters. The van der Waals surface area contributed by atoms with Gasteiger partial charge in [-0.2, -0.15) is 0 Å². The van der Waals surface area contributed by atoms with Crippen LogP contribution in [0.3, 0.4) is 0 Å². The molecular weight excluding hydrogens is 236 g/mol. The van der Waals surface area contributed by atoms with Gasteiger partial charge in [-0.15, -0.1) is 0 Å². The van der Waals surface area contributed by atoms with Crippen molar-refractivity contribution in [1.82, 2.24) is 0 Å². The molecule has 1 aromatic rings. The third-order valence-corrected chi connectivity index (χ3v) is 4.24. The van der Waals surface area contributed by atoms with E-state index >= 15 is 0 Å². The van der Waals surface area contributed by atoms with Gasteiger partial charge in [0.25, 0.3) is 0 Å². The molecule has 0 N–H and O–H groups in total. The van der Waals surface area contributed by atoms with E-state index in [0.29, 0.717) is 11.8 Å². The summed E-state index contributed by atoms with van der Waals surface area (Å²) in [7, 11) is 0. The predicted molar refractivity (Wildman–Crippen MR) is 77.6 cm³/mol. The van der Waals surface area contributed by atoms with Gasteiger partial charge in [0.05, 0.1) is 6.61 Å². The van der Waals surface area contributed by atoms with E-state index in [0.717, 1.165) is 13.0 Å². The molecule has 0 spiro atoms. The summed E-state index contributed by atoms with van der Waals surface area (Å²) in [5.41, 5.74) is 1.21. The molecule has 0 radical (unpaired) electrons. The maximum Gasteiger partial charge on any atom is 0.120 e. The van der Waals surface area contributed by atoms with Crippen molar-refractivity contribution in [3.8, 4) is 0 Å². The average molecular weight is 262 g/mol. The normalized spacial score (nSPS) is 19.5. The van der Waals surface area contributed by atoms with Gasteiger partial charge in [-0.05, 0) is 30.2 Å². The van der Waals surface area contributed by atoms with Gasteiger partial charge < -0.3 is 0 Å². The third-order valence-electron chi connectivity index (χ3n) is 4.24. The van der Waals surface area contributed by atoms with Crippen molar-refractivity contribution in [2.24, 2.45) is 11.8 Å². The topological polar surface area (TPSA) is 18.5 Å². The first kappa shape index (κ1) is 14.5. The summed E-state index contributed by atoms with van der Waals surface area (Å²) in [6.45, 7) is 5.16. The number of benzene rings is 1. The second kappa shape index (κ2) is 7.66. The van der Waals surface area contributed by atoms with Gasteiger partial charge in [0.1, 0.15) is 6.10 Å². The molecule has 2 heteroatoms. The van der Waals surface area contributed by atoms with Crippen LogP contribution in [-0.2, 0) is 9.78 Å². The van der Waals surface area contributed by atoms with Gasteiger partial charge in [0.15, 0.2) is 0 Å². The molecule has 0 aliphatic heterocycles. The van der Waals surface area contributed by atoms with Crippen LogP contribution >= 0.6 is 0 Å². The van der Waals surface area contributed by atoms with E-state index < -0.39 is 0 Å². The van der Waals surface area contributed by atoms with Crippen molar-refractivity contribution >= 4 is 0 Å². The highest BCUT2D eigenvalue weighted by Crippen LogP contribution is 2.30. The minimum absolute atomic E-state index is 0.0487. The van der Waals surface area contributed by atoms with E-state index in [9.17, 15) is 0 Å². The minimum atomic E-state index is 0.0487. The molecule has 0 aromatic heterocycles. The van der Waals surface area contributed by atoms with E-state index in [1.54, 1.807) is 0 Å². The van der Waals surface area contributed by atoms with Crippen LogP contribution in [0.15, 0.2) is 30.3 Å². The summed E-state index contributed by atoms with van der Waals surface area (Å²) in [4.78, 5) is 11.3. The van der Waals surface area contributed by atoms with Crippen molar-refractivity contribution in [1.29, 1.82) is 0 Å². The number of rotatable bonds is 7. The van der Waals surface area contributed by atoms with E-state index in [-0.39, 0.29) is 6.10 Å². The zero-order valence-electron chi connectivity index (χ0n) is 12.2. The molecule has 1 aromatic carbocycles. The van der Waals surface area contributed by atoms with Crippen LogP contribution in [0.2, 0.25) is 0 Å². The SMILES string of the molecule is CCC(C)C(OOCC1CCCC1)c1ccccc1. The Bertz CT molecular complexity index is 344. The lowest BCUT2D eigenvalue weighted by Gasteiger charge is -2.23. The van der Waals surface area contributed by atoms with Crippen LogP contribution in [-0.4, -0.2) is 6.61 Å². The van der Waals surface area contributed by atoms with Gasteiger partial charge in [-0.1, -0.05) is 63.4 Å². The molecule has 106 valence electrons. The minimum Gasteiger partial charge on any atom is -0.236 e. The molecule has 2 unspecified atom stereocenters. The Balaban J connectivity index is 1.87. The number of hydrogen-bond acceptors (Lipinski definition) is 2. The molecule has 0 bridgehead atoms. The maximum atomic E-state index is 5.74. The Morgan fingerprint density at radius 1 is 1.16 bits per heavy atom. The van der Waals surface area contributed by atoms with Crippen molar-refractivity contribution in [3.63, 3.8) is 0 Å². The fourth-order valence-corrected chi connectivity index (χ4v) is 2.72. The summed E-state index contributed by atoms with van der Waals surface area (Å²) in [6.07, 6.45) is 6.42. The molecule has 1 fully saturated rings. The standard InChI is InChI=1S/C17H26O2/c1-3-14(2)17(16-11-5-4-6-12-16)19-18-13-15-9-7-8-10-15/h4-6,11-12,14-15,17H,3,7-10,13H2,1-2H3. The van der Waals surface area contributed by atoms with Gasteiger partial charge in [0.2, 0.25) is 0 Å². The van der Waals surface area contributed by atoms with E-state index in [1.807, 2.05) is 6.07 Å². The monoisotopic (exact) mass is 262 g/mol. The second-order valence-electron chi connectivity index (χ2n) is 5.75. The summed E-state index contributed by atoms with van der Waals surface area (Å²) in [5.74, 6) is 1.17. The smallest absolute Gasteiger partial charge is 0.120 e. The van der Waals surface area contributed by atoms with E-state index in [1.165, 1.54) is 31.2 Å². The molecule has 2 rings (SSSR count). The summed E-state index contributed by atoms with van der Waals surface area (Å²) in [5, 5.41) is 0. The van der Waals surface area contributed by atoms with Crippen molar-refractivity contribution in [3.05, 3.63) is 35.9 Å². The molecular formula is C17H26O2. The van der Waals surface area contributed by atoms with Gasteiger partial charge in [-0.25, -0.2) is 9.78 Å². The quantitative estimate of drug-likeness (QED) is 0.513. The van der Waals surface area contributed by atoms with Gasteiger partial charge in [-0.3, -0.25) is 0 Å². The molecule has 0 heterocycles. The van der Waals surface area contributed by atoms with Crippen LogP contribution in [0.4, 0.5) is 0 Å². The summed E-state index contributed by atoms with van der Waals surface area (Å²) >= 11 is 0. The van der Waals surface area contributed by atoms with Crippen molar-refractivity contribution in [2.45, 2.75) is 52.1 Å². The van der Waals surface area contributed by atoms with Crippen LogP contribution in [0.1, 0.15) is 57.6 Å². The summed E-state index contributed by atoms with van der Waals surface area (Å²) in [6, 6.07) is 10.4.